The minimum atomic E-state index is -0.823. The molecule has 0 aliphatic heterocycles. The molecule has 1 fully saturated rings. The average molecular weight is 539 g/mol. The molecule has 0 aromatic carbocycles. The molecule has 0 bridgehead atoms. The Kier molecular flexibility index (Phi) is 5.70. The lowest BCUT2D eigenvalue weighted by atomic mass is 10.1. The minimum absolute atomic E-state index is 0.0757. The van der Waals surface area contributed by atoms with Gasteiger partial charge in [0.15, 0.2) is 11.6 Å². The summed E-state index contributed by atoms with van der Waals surface area (Å²) in [5.74, 6) is 4.93. The van der Waals surface area contributed by atoms with E-state index in [-0.39, 0.29) is 35.2 Å². The molecule has 12 heteroatoms. The fourth-order valence-electron chi connectivity index (χ4n) is 3.79. The maximum atomic E-state index is 14.9. The Labute approximate surface area is 191 Å². The van der Waals surface area contributed by atoms with Gasteiger partial charge in [0.25, 0.3) is 5.91 Å². The molecule has 31 heavy (non-hydrogen) atoms. The monoisotopic (exact) mass is 539 g/mol. The Balaban J connectivity index is 1.79. The molecule has 10 nitrogen and oxygen atoms in total. The van der Waals surface area contributed by atoms with Crippen LogP contribution in [0, 0.1) is 15.4 Å². The lowest BCUT2D eigenvalue weighted by Gasteiger charge is -2.32. The van der Waals surface area contributed by atoms with Crippen molar-refractivity contribution in [2.24, 2.45) is 30.3 Å². The predicted molar refractivity (Wildman–Crippen MR) is 124 cm³/mol. The third-order valence-electron chi connectivity index (χ3n) is 5.42. The van der Waals surface area contributed by atoms with E-state index in [1.165, 1.54) is 5.01 Å². The van der Waals surface area contributed by atoms with Crippen molar-refractivity contribution in [2.75, 3.05) is 10.3 Å². The number of aryl methyl sites for hydroxylation is 1. The summed E-state index contributed by atoms with van der Waals surface area (Å²) in [5.41, 5.74) is 12.8. The summed E-state index contributed by atoms with van der Waals surface area (Å²) in [6.45, 7) is 1.83. The SMILES string of the molecule is C[C@H](N)[C@@H](C1CC1)N(N)c1nc(Nc2cnc(I)c3c2cnn3C)c(C(N)=O)cc1F. The molecule has 2 atom stereocenters. The molecule has 1 saturated carbocycles. The number of halogens is 2. The van der Waals surface area contributed by atoms with Crippen molar-refractivity contribution in [2.45, 2.75) is 31.8 Å². The Morgan fingerprint density at radius 2 is 2.13 bits per heavy atom. The topological polar surface area (TPSA) is 154 Å². The highest BCUT2D eigenvalue weighted by Crippen LogP contribution is 2.38. The lowest BCUT2D eigenvalue weighted by molar-refractivity contribution is 0.100. The molecule has 3 aromatic rings. The zero-order valence-electron chi connectivity index (χ0n) is 17.0. The first kappa shape index (κ1) is 21.6. The Morgan fingerprint density at radius 1 is 1.42 bits per heavy atom. The first-order valence-corrected chi connectivity index (χ1v) is 10.8. The van der Waals surface area contributed by atoms with Gasteiger partial charge in [0.05, 0.1) is 29.7 Å². The normalized spacial score (nSPS) is 15.7. The third-order valence-corrected chi connectivity index (χ3v) is 6.21. The second-order valence-electron chi connectivity index (χ2n) is 7.77. The number of carbonyl (C=O) groups is 1. The number of nitrogens with two attached hydrogens (primary N) is 3. The molecule has 3 aromatic heterocycles. The van der Waals surface area contributed by atoms with E-state index in [1.54, 1.807) is 24.1 Å². The van der Waals surface area contributed by atoms with Gasteiger partial charge in [-0.2, -0.15) is 5.10 Å². The second-order valence-corrected chi connectivity index (χ2v) is 8.79. The number of fused-ring (bicyclic) bond motifs is 1. The number of amides is 1. The highest BCUT2D eigenvalue weighted by Gasteiger charge is 2.38. The Hall–Kier alpha value is -2.58. The van der Waals surface area contributed by atoms with Crippen LogP contribution in [0.1, 0.15) is 30.1 Å². The van der Waals surface area contributed by atoms with Crippen molar-refractivity contribution in [1.29, 1.82) is 0 Å². The molecule has 1 aliphatic rings. The van der Waals surface area contributed by atoms with Crippen molar-refractivity contribution in [1.82, 2.24) is 19.7 Å². The van der Waals surface area contributed by atoms with Gasteiger partial charge in [0, 0.05) is 18.5 Å². The number of pyridine rings is 2. The smallest absolute Gasteiger partial charge is 0.252 e. The van der Waals surface area contributed by atoms with Crippen LogP contribution in [0.25, 0.3) is 10.9 Å². The van der Waals surface area contributed by atoms with Gasteiger partial charge in [-0.15, -0.1) is 0 Å². The largest absolute Gasteiger partial charge is 0.365 e. The molecule has 0 radical (unpaired) electrons. The molecule has 4 rings (SSSR count). The fraction of sp³-hybridized carbons (Fsp3) is 0.368. The zero-order valence-corrected chi connectivity index (χ0v) is 19.2. The average Bonchev–Trinajstić information content (AvgIpc) is 3.45. The maximum absolute atomic E-state index is 14.9. The molecule has 1 aliphatic carbocycles. The number of primary amides is 1. The summed E-state index contributed by atoms with van der Waals surface area (Å²) >= 11 is 2.11. The quantitative estimate of drug-likeness (QED) is 0.153. The number of carbonyl (C=O) groups excluding carboxylic acids is 1. The molecular weight excluding hydrogens is 516 g/mol. The van der Waals surface area contributed by atoms with E-state index in [0.717, 1.165) is 33.5 Å². The number of hydrogen-bond donors (Lipinski definition) is 4. The summed E-state index contributed by atoms with van der Waals surface area (Å²) in [4.78, 5) is 20.7. The number of aromatic nitrogens is 4. The van der Waals surface area contributed by atoms with E-state index in [9.17, 15) is 9.18 Å². The fourth-order valence-corrected chi connectivity index (χ4v) is 4.57. The minimum Gasteiger partial charge on any atom is -0.365 e. The number of nitrogens with zero attached hydrogens (tertiary/aromatic N) is 5. The van der Waals surface area contributed by atoms with Crippen LogP contribution in [0.3, 0.4) is 0 Å². The number of hydrogen-bond acceptors (Lipinski definition) is 8. The van der Waals surface area contributed by atoms with Gasteiger partial charge in [-0.05, 0) is 54.3 Å². The molecule has 3 heterocycles. The van der Waals surface area contributed by atoms with Crippen LogP contribution >= 0.6 is 22.6 Å². The summed E-state index contributed by atoms with van der Waals surface area (Å²) in [6.07, 6.45) is 5.21. The molecule has 1 amide bonds. The van der Waals surface area contributed by atoms with Crippen molar-refractivity contribution < 1.29 is 9.18 Å². The van der Waals surface area contributed by atoms with Crippen molar-refractivity contribution >= 4 is 56.7 Å². The number of nitrogens with one attached hydrogen (secondary N) is 1. The highest BCUT2D eigenvalue weighted by molar-refractivity contribution is 14.1. The van der Waals surface area contributed by atoms with Gasteiger partial charge in [-0.1, -0.05) is 0 Å². The van der Waals surface area contributed by atoms with Crippen molar-refractivity contribution in [3.05, 3.63) is 33.5 Å². The molecule has 0 saturated heterocycles. The molecule has 164 valence electrons. The van der Waals surface area contributed by atoms with Crippen molar-refractivity contribution in [3.8, 4) is 0 Å². The van der Waals surface area contributed by atoms with E-state index in [0.29, 0.717) is 5.69 Å². The molecule has 7 N–H and O–H groups in total. The standard InChI is InChI=1S/C19H23FIN9O/c1-8(22)14(9-3-4-9)30(24)19-12(20)5-10(17(23)31)18(28-19)27-13-7-25-16(21)15-11(13)6-26-29(15)2/h5-9,14H,3-4,22,24H2,1-2H3,(H2,23,31)(H,27,28)/t8-,14-/m0/s1. The van der Waals surface area contributed by atoms with Gasteiger partial charge >= 0.3 is 0 Å². The second kappa shape index (κ2) is 8.16. The van der Waals surface area contributed by atoms with Gasteiger partial charge in [-0.3, -0.25) is 14.5 Å². The van der Waals surface area contributed by atoms with Crippen LogP contribution in [0.2, 0.25) is 0 Å². The highest BCUT2D eigenvalue weighted by atomic mass is 127. The Morgan fingerprint density at radius 3 is 2.74 bits per heavy atom. The molecule has 0 spiro atoms. The maximum Gasteiger partial charge on any atom is 0.252 e. The summed E-state index contributed by atoms with van der Waals surface area (Å²) < 4.78 is 17.4. The van der Waals surface area contributed by atoms with E-state index in [2.05, 4.69) is 43.0 Å². The first-order chi connectivity index (χ1) is 14.7. The summed E-state index contributed by atoms with van der Waals surface area (Å²) in [5, 5.41) is 9.35. The summed E-state index contributed by atoms with van der Waals surface area (Å²) in [6, 6.07) is 0.471. The van der Waals surface area contributed by atoms with Crippen LogP contribution in [0.4, 0.5) is 21.7 Å². The lowest BCUT2D eigenvalue weighted by Crippen LogP contribution is -2.52. The van der Waals surface area contributed by atoms with Crippen LogP contribution in [-0.2, 0) is 7.05 Å². The van der Waals surface area contributed by atoms with Gasteiger partial charge in [0.2, 0.25) is 0 Å². The van der Waals surface area contributed by atoms with E-state index in [1.807, 2.05) is 6.92 Å². The van der Waals surface area contributed by atoms with Crippen molar-refractivity contribution in [3.63, 3.8) is 0 Å². The zero-order chi connectivity index (χ0) is 22.4. The number of hydrazine groups is 1. The van der Waals surface area contributed by atoms with E-state index in [4.69, 9.17) is 17.3 Å². The van der Waals surface area contributed by atoms with Crippen LogP contribution in [-0.4, -0.2) is 37.7 Å². The van der Waals surface area contributed by atoms with Crippen LogP contribution < -0.4 is 27.6 Å². The third kappa shape index (κ3) is 4.02. The van der Waals surface area contributed by atoms with Crippen LogP contribution in [0.15, 0.2) is 18.5 Å². The summed E-state index contributed by atoms with van der Waals surface area (Å²) in [7, 11) is 1.80. The molecule has 0 unspecified atom stereocenters. The van der Waals surface area contributed by atoms with Crippen LogP contribution in [0.5, 0.6) is 0 Å². The predicted octanol–water partition coefficient (Wildman–Crippen LogP) is 1.76. The number of rotatable bonds is 7. The molecular formula is C19H23FIN9O. The number of anilines is 3. The van der Waals surface area contributed by atoms with Gasteiger partial charge < -0.3 is 16.8 Å². The van der Waals surface area contributed by atoms with E-state index >= 15 is 0 Å². The first-order valence-electron chi connectivity index (χ1n) is 9.72. The Bertz CT molecular complexity index is 1160. The van der Waals surface area contributed by atoms with Gasteiger partial charge in [0.1, 0.15) is 15.0 Å². The van der Waals surface area contributed by atoms with E-state index < -0.39 is 11.7 Å². The van der Waals surface area contributed by atoms with Gasteiger partial charge in [-0.25, -0.2) is 20.2 Å².